The number of carbonyl (C=O) groups is 2. The van der Waals surface area contributed by atoms with Gasteiger partial charge in [-0.3, -0.25) is 9.59 Å². The second kappa shape index (κ2) is 6.91. The van der Waals surface area contributed by atoms with Gasteiger partial charge in [0.15, 0.2) is 5.92 Å². The molecule has 0 saturated heterocycles. The number of aliphatic carboxylic acids is 1. The zero-order valence-electron chi connectivity index (χ0n) is 12.3. The summed E-state index contributed by atoms with van der Waals surface area (Å²) in [6.07, 6.45) is 0.219. The first-order valence-electron chi connectivity index (χ1n) is 6.56. The molecule has 1 rings (SSSR count). The van der Waals surface area contributed by atoms with Gasteiger partial charge in [0.25, 0.3) is 0 Å². The molecule has 0 radical (unpaired) electrons. The molecule has 6 heteroatoms. The highest BCUT2D eigenvalue weighted by Crippen LogP contribution is 2.18. The summed E-state index contributed by atoms with van der Waals surface area (Å²) in [5, 5.41) is 9.77. The Kier molecular flexibility index (Phi) is 5.75. The summed E-state index contributed by atoms with van der Waals surface area (Å²) in [7, 11) is 0. The SMILES string of the molecule is CC(C)(C)OC(=O)[C@H](C(=O)O)[C@@H](N)Cc1cccc(Cl)c1. The summed E-state index contributed by atoms with van der Waals surface area (Å²) >= 11 is 5.87. The lowest BCUT2D eigenvalue weighted by molar-refractivity contribution is -0.167. The average molecular weight is 314 g/mol. The lowest BCUT2D eigenvalue weighted by atomic mass is 9.94. The first kappa shape index (κ1) is 17.5. The minimum atomic E-state index is -1.41. The van der Waals surface area contributed by atoms with Crippen LogP contribution in [0.3, 0.4) is 0 Å². The molecule has 0 aliphatic rings. The molecular formula is C15H20ClNO4. The molecule has 0 aromatic heterocycles. The van der Waals surface area contributed by atoms with Crippen LogP contribution in [0, 0.1) is 5.92 Å². The van der Waals surface area contributed by atoms with E-state index >= 15 is 0 Å². The maximum atomic E-state index is 12.0. The Morgan fingerprint density at radius 2 is 2.00 bits per heavy atom. The van der Waals surface area contributed by atoms with Crippen LogP contribution in [0.1, 0.15) is 26.3 Å². The molecule has 0 aliphatic heterocycles. The van der Waals surface area contributed by atoms with Crippen molar-refractivity contribution < 1.29 is 19.4 Å². The van der Waals surface area contributed by atoms with Crippen LogP contribution in [0.15, 0.2) is 24.3 Å². The van der Waals surface area contributed by atoms with Crippen LogP contribution in [-0.2, 0) is 20.7 Å². The molecular weight excluding hydrogens is 294 g/mol. The van der Waals surface area contributed by atoms with Gasteiger partial charge >= 0.3 is 11.9 Å². The van der Waals surface area contributed by atoms with Crippen molar-refractivity contribution in [2.75, 3.05) is 0 Å². The fourth-order valence-corrected chi connectivity index (χ4v) is 2.09. The third kappa shape index (κ3) is 5.73. The summed E-state index contributed by atoms with van der Waals surface area (Å²) in [4.78, 5) is 23.3. The summed E-state index contributed by atoms with van der Waals surface area (Å²) < 4.78 is 5.12. The third-order valence-electron chi connectivity index (χ3n) is 2.72. The van der Waals surface area contributed by atoms with E-state index < -0.39 is 29.5 Å². The molecule has 3 N–H and O–H groups in total. The Morgan fingerprint density at radius 1 is 1.38 bits per heavy atom. The van der Waals surface area contributed by atoms with Crippen LogP contribution in [0.4, 0.5) is 0 Å². The minimum Gasteiger partial charge on any atom is -0.481 e. The number of hydrogen-bond donors (Lipinski definition) is 2. The van der Waals surface area contributed by atoms with E-state index in [1.54, 1.807) is 45.0 Å². The van der Waals surface area contributed by atoms with Gasteiger partial charge in [-0.25, -0.2) is 0 Å². The molecule has 0 heterocycles. The fraction of sp³-hybridized carbons (Fsp3) is 0.467. The van der Waals surface area contributed by atoms with Gasteiger partial charge in [0.05, 0.1) is 0 Å². The van der Waals surface area contributed by atoms with Crippen LogP contribution < -0.4 is 5.73 Å². The molecule has 2 atom stereocenters. The van der Waals surface area contributed by atoms with E-state index in [0.717, 1.165) is 5.56 Å². The van der Waals surface area contributed by atoms with Gasteiger partial charge in [0.1, 0.15) is 5.60 Å². The zero-order valence-corrected chi connectivity index (χ0v) is 13.1. The normalized spacial score (nSPS) is 14.3. The maximum absolute atomic E-state index is 12.0. The monoisotopic (exact) mass is 313 g/mol. The Hall–Kier alpha value is -1.59. The molecule has 5 nitrogen and oxygen atoms in total. The summed E-state index contributed by atoms with van der Waals surface area (Å²) in [5.74, 6) is -3.54. The standard InChI is InChI=1S/C15H20ClNO4/c1-15(2,3)21-14(20)12(13(18)19)11(17)8-9-5-4-6-10(16)7-9/h4-7,11-12H,8,17H2,1-3H3,(H,18,19)/t11-,12-/m0/s1. The molecule has 0 amide bonds. The van der Waals surface area contributed by atoms with E-state index in [1.165, 1.54) is 0 Å². The van der Waals surface area contributed by atoms with Gasteiger partial charge in [-0.05, 0) is 44.9 Å². The van der Waals surface area contributed by atoms with Crippen molar-refractivity contribution in [1.29, 1.82) is 0 Å². The van der Waals surface area contributed by atoms with E-state index in [4.69, 9.17) is 22.1 Å². The number of carboxylic acids is 1. The molecule has 0 saturated carbocycles. The number of hydrogen-bond acceptors (Lipinski definition) is 4. The van der Waals surface area contributed by atoms with Gasteiger partial charge in [-0.15, -0.1) is 0 Å². The highest BCUT2D eigenvalue weighted by molar-refractivity contribution is 6.30. The Labute approximate surface area is 129 Å². The van der Waals surface area contributed by atoms with Crippen LogP contribution in [0.5, 0.6) is 0 Å². The largest absolute Gasteiger partial charge is 0.481 e. The first-order valence-corrected chi connectivity index (χ1v) is 6.93. The van der Waals surface area contributed by atoms with E-state index in [9.17, 15) is 14.7 Å². The van der Waals surface area contributed by atoms with Crippen molar-refractivity contribution in [2.24, 2.45) is 11.7 Å². The molecule has 116 valence electrons. The van der Waals surface area contributed by atoms with Crippen LogP contribution in [0.25, 0.3) is 0 Å². The van der Waals surface area contributed by atoms with Gasteiger partial charge in [-0.1, -0.05) is 23.7 Å². The van der Waals surface area contributed by atoms with Gasteiger partial charge in [0.2, 0.25) is 0 Å². The number of rotatable bonds is 5. The quantitative estimate of drug-likeness (QED) is 0.643. The number of nitrogens with two attached hydrogens (primary N) is 1. The highest BCUT2D eigenvalue weighted by atomic mass is 35.5. The van der Waals surface area contributed by atoms with Crippen molar-refractivity contribution in [3.05, 3.63) is 34.9 Å². The van der Waals surface area contributed by atoms with Crippen molar-refractivity contribution in [3.8, 4) is 0 Å². The number of esters is 1. The molecule has 0 fully saturated rings. The minimum absolute atomic E-state index is 0.219. The molecule has 0 spiro atoms. The molecule has 1 aromatic carbocycles. The second-order valence-corrected chi connectivity index (χ2v) is 6.28. The smallest absolute Gasteiger partial charge is 0.322 e. The van der Waals surface area contributed by atoms with Gasteiger partial charge in [0, 0.05) is 11.1 Å². The predicted molar refractivity (Wildman–Crippen MR) is 80.1 cm³/mol. The predicted octanol–water partition coefficient (Wildman–Crippen LogP) is 2.25. The number of benzene rings is 1. The maximum Gasteiger partial charge on any atom is 0.322 e. The number of carbonyl (C=O) groups excluding carboxylic acids is 1. The van der Waals surface area contributed by atoms with Gasteiger partial charge < -0.3 is 15.6 Å². The Morgan fingerprint density at radius 3 is 2.48 bits per heavy atom. The number of ether oxygens (including phenoxy) is 1. The van der Waals surface area contributed by atoms with Crippen molar-refractivity contribution in [3.63, 3.8) is 0 Å². The van der Waals surface area contributed by atoms with Gasteiger partial charge in [-0.2, -0.15) is 0 Å². The highest BCUT2D eigenvalue weighted by Gasteiger charge is 2.36. The van der Waals surface area contributed by atoms with E-state index in [2.05, 4.69) is 0 Å². The van der Waals surface area contributed by atoms with Crippen molar-refractivity contribution in [2.45, 2.75) is 38.8 Å². The lowest BCUT2D eigenvalue weighted by Gasteiger charge is -2.25. The average Bonchev–Trinajstić information content (AvgIpc) is 2.25. The van der Waals surface area contributed by atoms with Crippen molar-refractivity contribution >= 4 is 23.5 Å². The number of carboxylic acid groups (broad SMARTS) is 1. The van der Waals surface area contributed by atoms with E-state index in [0.29, 0.717) is 5.02 Å². The summed E-state index contributed by atoms with van der Waals surface area (Å²) in [5.41, 5.74) is 5.90. The number of halogens is 1. The van der Waals surface area contributed by atoms with E-state index in [1.807, 2.05) is 0 Å². The molecule has 0 bridgehead atoms. The van der Waals surface area contributed by atoms with Crippen LogP contribution in [0.2, 0.25) is 5.02 Å². The molecule has 0 aliphatic carbocycles. The molecule has 1 aromatic rings. The van der Waals surface area contributed by atoms with E-state index in [-0.39, 0.29) is 6.42 Å². The fourth-order valence-electron chi connectivity index (χ4n) is 1.88. The van der Waals surface area contributed by atoms with Crippen LogP contribution >= 0.6 is 11.6 Å². The third-order valence-corrected chi connectivity index (χ3v) is 2.95. The van der Waals surface area contributed by atoms with Crippen LogP contribution in [-0.4, -0.2) is 28.7 Å². The molecule has 21 heavy (non-hydrogen) atoms. The topological polar surface area (TPSA) is 89.6 Å². The zero-order chi connectivity index (χ0) is 16.2. The summed E-state index contributed by atoms with van der Waals surface area (Å²) in [6, 6.07) is 6.03. The second-order valence-electron chi connectivity index (χ2n) is 5.85. The first-order chi connectivity index (χ1) is 9.60. The lowest BCUT2D eigenvalue weighted by Crippen LogP contribution is -2.45. The summed E-state index contributed by atoms with van der Waals surface area (Å²) in [6.45, 7) is 5.02. The van der Waals surface area contributed by atoms with Crippen molar-refractivity contribution in [1.82, 2.24) is 0 Å². The Bertz CT molecular complexity index is 525. The molecule has 0 unspecified atom stereocenters. The Balaban J connectivity index is 2.85.